The Labute approximate surface area is 118 Å². The quantitative estimate of drug-likeness (QED) is 0.779. The molecule has 0 bridgehead atoms. The number of hydrogen-bond donors (Lipinski definition) is 1. The maximum Gasteiger partial charge on any atom is 0.230 e. The van der Waals surface area contributed by atoms with Crippen LogP contribution in [0.4, 0.5) is 0 Å². The lowest BCUT2D eigenvalue weighted by Crippen LogP contribution is -2.39. The van der Waals surface area contributed by atoms with Crippen molar-refractivity contribution in [2.75, 3.05) is 5.75 Å². The molecule has 2 aliphatic carbocycles. The number of aromatic nitrogens is 2. The monoisotopic (exact) mass is 279 g/mol. The first kappa shape index (κ1) is 13.0. The molecule has 1 aromatic rings. The highest BCUT2D eigenvalue weighted by Crippen LogP contribution is 2.44. The molecule has 0 radical (unpaired) electrons. The molecule has 0 aliphatic heterocycles. The second kappa shape index (κ2) is 5.57. The fourth-order valence-corrected chi connectivity index (χ4v) is 3.40. The van der Waals surface area contributed by atoms with Crippen LogP contribution in [0.2, 0.25) is 0 Å². The lowest BCUT2D eigenvalue weighted by Gasteiger charge is -2.17. The average molecular weight is 279 g/mol. The minimum Gasteiger partial charge on any atom is -0.352 e. The van der Waals surface area contributed by atoms with Gasteiger partial charge in [-0.1, -0.05) is 11.8 Å². The predicted octanol–water partition coefficient (Wildman–Crippen LogP) is 2.30. The number of amides is 1. The smallest absolute Gasteiger partial charge is 0.230 e. The Kier molecular flexibility index (Phi) is 3.82. The van der Waals surface area contributed by atoms with Gasteiger partial charge in [-0.2, -0.15) is 0 Å². The fraction of sp³-hybridized carbons (Fsp3) is 0.714. The van der Waals surface area contributed by atoms with Crippen LogP contribution in [0.1, 0.15) is 32.6 Å². The van der Waals surface area contributed by atoms with Gasteiger partial charge in [-0.05, 0) is 44.4 Å². The molecule has 3 rings (SSSR count). The van der Waals surface area contributed by atoms with Gasteiger partial charge in [0.2, 0.25) is 5.91 Å². The van der Waals surface area contributed by atoms with E-state index in [1.807, 2.05) is 6.20 Å². The van der Waals surface area contributed by atoms with Crippen molar-refractivity contribution in [3.63, 3.8) is 0 Å². The molecular formula is C14H21N3OS. The number of imidazole rings is 1. The number of nitrogens with one attached hydrogen (secondary N) is 1. The molecule has 2 aliphatic rings. The highest BCUT2D eigenvalue weighted by Gasteiger charge is 2.42. The zero-order valence-electron chi connectivity index (χ0n) is 11.3. The van der Waals surface area contributed by atoms with E-state index in [-0.39, 0.29) is 5.91 Å². The van der Waals surface area contributed by atoms with Gasteiger partial charge in [0.1, 0.15) is 0 Å². The van der Waals surface area contributed by atoms with Crippen LogP contribution < -0.4 is 5.32 Å². The minimum atomic E-state index is 0.166. The number of aryl methyl sites for hydroxylation is 1. The molecule has 4 nitrogen and oxygen atoms in total. The number of nitrogens with zero attached hydrogens (tertiary/aromatic N) is 2. The van der Waals surface area contributed by atoms with Crippen molar-refractivity contribution >= 4 is 17.7 Å². The highest BCUT2D eigenvalue weighted by molar-refractivity contribution is 7.99. The van der Waals surface area contributed by atoms with Gasteiger partial charge in [-0.15, -0.1) is 0 Å². The summed E-state index contributed by atoms with van der Waals surface area (Å²) in [5.41, 5.74) is 0. The standard InChI is InChI=1S/C14H21N3OS/c1-2-17-8-7-15-14(17)19-9-12(18)16-13(10-3-4-10)11-5-6-11/h7-8,10-11,13H,2-6,9H2,1H3,(H,16,18). The van der Waals surface area contributed by atoms with Crippen molar-refractivity contribution < 1.29 is 4.79 Å². The van der Waals surface area contributed by atoms with Crippen LogP contribution in [0.3, 0.4) is 0 Å². The van der Waals surface area contributed by atoms with Gasteiger partial charge < -0.3 is 9.88 Å². The normalized spacial score (nSPS) is 18.8. The molecule has 1 N–H and O–H groups in total. The molecule has 1 heterocycles. The third kappa shape index (κ3) is 3.32. The van der Waals surface area contributed by atoms with Gasteiger partial charge >= 0.3 is 0 Å². The van der Waals surface area contributed by atoms with E-state index in [1.165, 1.54) is 37.4 Å². The minimum absolute atomic E-state index is 0.166. The molecule has 2 saturated carbocycles. The number of carbonyl (C=O) groups excluding carboxylic acids is 1. The van der Waals surface area contributed by atoms with Crippen molar-refractivity contribution in [2.24, 2.45) is 11.8 Å². The Morgan fingerprint density at radius 1 is 1.47 bits per heavy atom. The maximum atomic E-state index is 12.0. The zero-order chi connectivity index (χ0) is 13.2. The van der Waals surface area contributed by atoms with E-state index in [2.05, 4.69) is 21.8 Å². The Bertz CT molecular complexity index is 439. The van der Waals surface area contributed by atoms with Crippen LogP contribution in [0, 0.1) is 11.8 Å². The lowest BCUT2D eigenvalue weighted by atomic mass is 10.1. The van der Waals surface area contributed by atoms with Crippen LogP contribution in [-0.2, 0) is 11.3 Å². The number of thioether (sulfide) groups is 1. The summed E-state index contributed by atoms with van der Waals surface area (Å²) in [5.74, 6) is 2.17. The largest absolute Gasteiger partial charge is 0.352 e. The summed E-state index contributed by atoms with van der Waals surface area (Å²) in [7, 11) is 0. The predicted molar refractivity (Wildman–Crippen MR) is 76.0 cm³/mol. The lowest BCUT2D eigenvalue weighted by molar-refractivity contribution is -0.119. The van der Waals surface area contributed by atoms with Crippen molar-refractivity contribution in [1.29, 1.82) is 0 Å². The average Bonchev–Trinajstić information content (AvgIpc) is 3.31. The molecule has 0 aromatic carbocycles. The van der Waals surface area contributed by atoms with Gasteiger partial charge in [-0.3, -0.25) is 4.79 Å². The van der Waals surface area contributed by atoms with Crippen LogP contribution in [0.5, 0.6) is 0 Å². The number of carbonyl (C=O) groups is 1. The Balaban J connectivity index is 1.48. The summed E-state index contributed by atoms with van der Waals surface area (Å²) in [4.78, 5) is 16.3. The van der Waals surface area contributed by atoms with Crippen LogP contribution in [0.15, 0.2) is 17.6 Å². The van der Waals surface area contributed by atoms with Gasteiger partial charge in [0, 0.05) is 25.0 Å². The van der Waals surface area contributed by atoms with Gasteiger partial charge in [-0.25, -0.2) is 4.98 Å². The molecule has 0 spiro atoms. The second-order valence-electron chi connectivity index (χ2n) is 5.55. The van der Waals surface area contributed by atoms with Crippen LogP contribution in [0.25, 0.3) is 0 Å². The second-order valence-corrected chi connectivity index (χ2v) is 6.50. The summed E-state index contributed by atoms with van der Waals surface area (Å²) >= 11 is 1.53. The molecule has 19 heavy (non-hydrogen) atoms. The maximum absolute atomic E-state index is 12.0. The Morgan fingerprint density at radius 2 is 2.16 bits per heavy atom. The van der Waals surface area contributed by atoms with Crippen molar-refractivity contribution in [3.8, 4) is 0 Å². The SMILES string of the molecule is CCn1ccnc1SCC(=O)NC(C1CC1)C1CC1. The Hall–Kier alpha value is -0.970. The summed E-state index contributed by atoms with van der Waals surface area (Å²) < 4.78 is 2.07. The molecular weight excluding hydrogens is 258 g/mol. The molecule has 104 valence electrons. The van der Waals surface area contributed by atoms with Gasteiger partial charge in [0.15, 0.2) is 5.16 Å². The van der Waals surface area contributed by atoms with E-state index < -0.39 is 0 Å². The van der Waals surface area contributed by atoms with E-state index in [9.17, 15) is 4.79 Å². The Morgan fingerprint density at radius 3 is 2.74 bits per heavy atom. The molecule has 0 unspecified atom stereocenters. The summed E-state index contributed by atoms with van der Waals surface area (Å²) in [6.07, 6.45) is 8.95. The van der Waals surface area contributed by atoms with Gasteiger partial charge in [0.25, 0.3) is 0 Å². The van der Waals surface area contributed by atoms with E-state index in [0.29, 0.717) is 11.8 Å². The van der Waals surface area contributed by atoms with E-state index in [4.69, 9.17) is 0 Å². The molecule has 0 atom stereocenters. The van der Waals surface area contributed by atoms with Crippen LogP contribution in [-0.4, -0.2) is 27.3 Å². The fourth-order valence-electron chi connectivity index (χ4n) is 2.57. The molecule has 2 fully saturated rings. The third-order valence-electron chi connectivity index (χ3n) is 3.94. The van der Waals surface area contributed by atoms with Gasteiger partial charge in [0.05, 0.1) is 5.75 Å². The van der Waals surface area contributed by atoms with E-state index in [1.54, 1.807) is 6.20 Å². The first-order valence-electron chi connectivity index (χ1n) is 7.21. The molecule has 1 amide bonds. The number of rotatable bonds is 7. The highest BCUT2D eigenvalue weighted by atomic mass is 32.2. The summed E-state index contributed by atoms with van der Waals surface area (Å²) in [6.45, 7) is 2.98. The molecule has 0 saturated heterocycles. The molecule has 1 aromatic heterocycles. The molecule has 5 heteroatoms. The summed E-state index contributed by atoms with van der Waals surface area (Å²) in [5, 5.41) is 4.18. The van der Waals surface area contributed by atoms with Crippen molar-refractivity contribution in [3.05, 3.63) is 12.4 Å². The van der Waals surface area contributed by atoms with E-state index in [0.717, 1.165) is 23.5 Å². The number of hydrogen-bond acceptors (Lipinski definition) is 3. The van der Waals surface area contributed by atoms with E-state index >= 15 is 0 Å². The van der Waals surface area contributed by atoms with Crippen molar-refractivity contribution in [2.45, 2.75) is 50.4 Å². The third-order valence-corrected chi connectivity index (χ3v) is 4.94. The zero-order valence-corrected chi connectivity index (χ0v) is 12.2. The van der Waals surface area contributed by atoms with Crippen molar-refractivity contribution in [1.82, 2.24) is 14.9 Å². The summed E-state index contributed by atoms with van der Waals surface area (Å²) in [6, 6.07) is 0.457. The first-order chi connectivity index (χ1) is 9.28. The van der Waals surface area contributed by atoms with Crippen LogP contribution >= 0.6 is 11.8 Å². The topological polar surface area (TPSA) is 46.9 Å². The first-order valence-corrected chi connectivity index (χ1v) is 8.19.